The highest BCUT2D eigenvalue weighted by molar-refractivity contribution is 5.96. The van der Waals surface area contributed by atoms with Crippen molar-refractivity contribution in [3.05, 3.63) is 29.3 Å². The molecule has 1 aliphatic heterocycles. The number of carbonyl (C=O) groups is 2. The van der Waals surface area contributed by atoms with Crippen LogP contribution in [0.15, 0.2) is 18.2 Å². The van der Waals surface area contributed by atoms with E-state index in [1.807, 2.05) is 11.0 Å². The van der Waals surface area contributed by atoms with Gasteiger partial charge in [0.2, 0.25) is 5.91 Å². The van der Waals surface area contributed by atoms with E-state index < -0.39 is 5.97 Å². The van der Waals surface area contributed by atoms with Gasteiger partial charge in [-0.3, -0.25) is 4.79 Å². The number of nitrogens with two attached hydrogens (primary N) is 1. The first-order chi connectivity index (χ1) is 10.0. The van der Waals surface area contributed by atoms with Crippen LogP contribution in [0.5, 0.6) is 0 Å². The van der Waals surface area contributed by atoms with Crippen molar-refractivity contribution >= 4 is 17.6 Å². The van der Waals surface area contributed by atoms with Gasteiger partial charge in [0.15, 0.2) is 0 Å². The summed E-state index contributed by atoms with van der Waals surface area (Å²) in [7, 11) is 1.33. The third-order valence-corrected chi connectivity index (χ3v) is 4.03. The lowest BCUT2D eigenvalue weighted by Crippen LogP contribution is -2.30. The molecule has 1 aromatic carbocycles. The van der Waals surface area contributed by atoms with Gasteiger partial charge >= 0.3 is 5.97 Å². The minimum Gasteiger partial charge on any atom is -0.465 e. The lowest BCUT2D eigenvalue weighted by atomic mass is 10.0. The molecule has 0 aliphatic carbocycles. The van der Waals surface area contributed by atoms with E-state index in [-0.39, 0.29) is 5.91 Å². The Morgan fingerprint density at radius 2 is 2.19 bits per heavy atom. The topological polar surface area (TPSA) is 72.6 Å². The number of likely N-dealkylation sites (tertiary alicyclic amines) is 1. The van der Waals surface area contributed by atoms with Gasteiger partial charge in [-0.15, -0.1) is 0 Å². The second-order valence-electron chi connectivity index (χ2n) is 5.62. The molecule has 5 nitrogen and oxygen atoms in total. The molecule has 0 saturated carbocycles. The molecule has 1 saturated heterocycles. The van der Waals surface area contributed by atoms with E-state index in [1.54, 1.807) is 12.1 Å². The summed E-state index contributed by atoms with van der Waals surface area (Å²) in [6.07, 6.45) is 2.48. The lowest BCUT2D eigenvalue weighted by Gasteiger charge is -2.22. The Kier molecular flexibility index (Phi) is 4.83. The lowest BCUT2D eigenvalue weighted by molar-refractivity contribution is -0.131. The Bertz CT molecular complexity index is 542. The van der Waals surface area contributed by atoms with Crippen molar-refractivity contribution in [1.82, 2.24) is 4.90 Å². The predicted octanol–water partition coefficient (Wildman–Crippen LogP) is 2.20. The number of esters is 1. The Labute approximate surface area is 125 Å². The summed E-state index contributed by atoms with van der Waals surface area (Å²) in [5.41, 5.74) is 7.38. The molecule has 1 amide bonds. The van der Waals surface area contributed by atoms with Gasteiger partial charge in [-0.25, -0.2) is 4.79 Å². The third-order valence-electron chi connectivity index (χ3n) is 4.03. The number of carbonyl (C=O) groups excluding carboxylic acids is 2. The number of rotatable bonds is 3. The summed E-state index contributed by atoms with van der Waals surface area (Å²) < 4.78 is 4.79. The quantitative estimate of drug-likeness (QED) is 0.684. The van der Waals surface area contributed by atoms with Gasteiger partial charge in [0.05, 0.1) is 12.7 Å². The van der Waals surface area contributed by atoms with Crippen LogP contribution in [0.2, 0.25) is 0 Å². The first-order valence-electron chi connectivity index (χ1n) is 7.26. The summed E-state index contributed by atoms with van der Waals surface area (Å²) in [6, 6.07) is 5.29. The standard InChI is InChI=1S/C16H22N2O3/c1-11-6-7-14(19)18(9-8-11)10-12-4-3-5-13(17)15(12)16(20)21-2/h3-5,11H,6-10,17H2,1-2H3. The van der Waals surface area contributed by atoms with Crippen LogP contribution in [0.3, 0.4) is 0 Å². The molecule has 21 heavy (non-hydrogen) atoms. The monoisotopic (exact) mass is 290 g/mol. The summed E-state index contributed by atoms with van der Waals surface area (Å²) >= 11 is 0. The van der Waals surface area contributed by atoms with Crippen LogP contribution in [-0.2, 0) is 16.1 Å². The van der Waals surface area contributed by atoms with Gasteiger partial charge in [0.1, 0.15) is 0 Å². The van der Waals surface area contributed by atoms with Crippen LogP contribution < -0.4 is 5.73 Å². The SMILES string of the molecule is COC(=O)c1c(N)cccc1CN1CCC(C)CCC1=O. The highest BCUT2D eigenvalue weighted by Crippen LogP contribution is 2.23. The van der Waals surface area contributed by atoms with Crippen molar-refractivity contribution in [2.75, 3.05) is 19.4 Å². The van der Waals surface area contributed by atoms with E-state index in [0.29, 0.717) is 30.1 Å². The maximum Gasteiger partial charge on any atom is 0.340 e. The minimum absolute atomic E-state index is 0.137. The van der Waals surface area contributed by atoms with Crippen LogP contribution in [0.1, 0.15) is 42.1 Å². The molecule has 0 radical (unpaired) electrons. The van der Waals surface area contributed by atoms with E-state index in [0.717, 1.165) is 24.9 Å². The molecular formula is C16H22N2O3. The van der Waals surface area contributed by atoms with Crippen molar-refractivity contribution in [2.45, 2.75) is 32.7 Å². The number of nitrogens with zero attached hydrogens (tertiary/aromatic N) is 1. The van der Waals surface area contributed by atoms with Gasteiger partial charge < -0.3 is 15.4 Å². The number of nitrogen functional groups attached to an aromatic ring is 1. The van der Waals surface area contributed by atoms with E-state index in [2.05, 4.69) is 6.92 Å². The molecule has 0 aromatic heterocycles. The highest BCUT2D eigenvalue weighted by Gasteiger charge is 2.23. The zero-order valence-corrected chi connectivity index (χ0v) is 12.6. The van der Waals surface area contributed by atoms with Crippen LogP contribution in [0.25, 0.3) is 0 Å². The number of benzene rings is 1. The van der Waals surface area contributed by atoms with Crippen LogP contribution in [0.4, 0.5) is 5.69 Å². The summed E-state index contributed by atoms with van der Waals surface area (Å²) in [4.78, 5) is 25.9. The molecule has 0 spiro atoms. The Morgan fingerprint density at radius 3 is 2.90 bits per heavy atom. The van der Waals surface area contributed by atoms with Crippen molar-refractivity contribution in [2.24, 2.45) is 5.92 Å². The number of ether oxygens (including phenoxy) is 1. The Morgan fingerprint density at radius 1 is 1.43 bits per heavy atom. The second-order valence-corrected chi connectivity index (χ2v) is 5.62. The minimum atomic E-state index is -0.460. The normalized spacial score (nSPS) is 19.2. The summed E-state index contributed by atoms with van der Waals surface area (Å²) in [6.45, 7) is 3.29. The van der Waals surface area contributed by atoms with Gasteiger partial charge in [-0.2, -0.15) is 0 Å². The van der Waals surface area contributed by atoms with Crippen LogP contribution in [0, 0.1) is 5.92 Å². The van der Waals surface area contributed by atoms with Gasteiger partial charge in [-0.05, 0) is 30.4 Å². The first kappa shape index (κ1) is 15.4. The van der Waals surface area contributed by atoms with Crippen molar-refractivity contribution in [3.63, 3.8) is 0 Å². The van der Waals surface area contributed by atoms with Crippen LogP contribution in [-0.4, -0.2) is 30.4 Å². The molecule has 1 aromatic rings. The molecule has 5 heteroatoms. The molecule has 1 aliphatic rings. The number of methoxy groups -OCH3 is 1. The average Bonchev–Trinajstić information content (AvgIpc) is 2.62. The van der Waals surface area contributed by atoms with Gasteiger partial charge in [0, 0.05) is 25.2 Å². The van der Waals surface area contributed by atoms with Crippen molar-refractivity contribution in [3.8, 4) is 0 Å². The number of amides is 1. The maximum absolute atomic E-state index is 12.2. The molecule has 2 N–H and O–H groups in total. The molecule has 1 heterocycles. The molecule has 2 rings (SSSR count). The van der Waals surface area contributed by atoms with E-state index >= 15 is 0 Å². The van der Waals surface area contributed by atoms with E-state index in [4.69, 9.17) is 10.5 Å². The van der Waals surface area contributed by atoms with Gasteiger partial charge in [0.25, 0.3) is 0 Å². The van der Waals surface area contributed by atoms with Crippen molar-refractivity contribution < 1.29 is 14.3 Å². The number of hydrogen-bond donors (Lipinski definition) is 1. The Hall–Kier alpha value is -2.04. The third kappa shape index (κ3) is 3.54. The fraction of sp³-hybridized carbons (Fsp3) is 0.500. The number of anilines is 1. The van der Waals surface area contributed by atoms with E-state index in [9.17, 15) is 9.59 Å². The summed E-state index contributed by atoms with van der Waals surface area (Å²) in [5.74, 6) is 0.233. The zero-order valence-electron chi connectivity index (χ0n) is 12.6. The molecule has 114 valence electrons. The smallest absolute Gasteiger partial charge is 0.340 e. The fourth-order valence-electron chi connectivity index (χ4n) is 2.65. The molecule has 0 bridgehead atoms. The average molecular weight is 290 g/mol. The largest absolute Gasteiger partial charge is 0.465 e. The van der Waals surface area contributed by atoms with Crippen LogP contribution >= 0.6 is 0 Å². The zero-order chi connectivity index (χ0) is 15.4. The highest BCUT2D eigenvalue weighted by atomic mass is 16.5. The molecule has 1 fully saturated rings. The maximum atomic E-state index is 12.2. The Balaban J connectivity index is 2.24. The summed E-state index contributed by atoms with van der Waals surface area (Å²) in [5, 5.41) is 0. The fourth-order valence-corrected chi connectivity index (χ4v) is 2.65. The predicted molar refractivity (Wildman–Crippen MR) is 80.6 cm³/mol. The molecule has 1 atom stereocenters. The molecule has 1 unspecified atom stereocenters. The van der Waals surface area contributed by atoms with Gasteiger partial charge in [-0.1, -0.05) is 19.1 Å². The van der Waals surface area contributed by atoms with Crippen molar-refractivity contribution in [1.29, 1.82) is 0 Å². The van der Waals surface area contributed by atoms with E-state index in [1.165, 1.54) is 7.11 Å². The first-order valence-corrected chi connectivity index (χ1v) is 7.26. The number of hydrogen-bond acceptors (Lipinski definition) is 4. The second kappa shape index (κ2) is 6.61. The molecular weight excluding hydrogens is 268 g/mol.